The molecular formula is C20H22N4O2. The van der Waals surface area contributed by atoms with Crippen molar-refractivity contribution >= 4 is 11.7 Å². The predicted octanol–water partition coefficient (Wildman–Crippen LogP) is 3.80. The number of nitrogens with zero attached hydrogens (tertiary/aromatic N) is 3. The minimum Gasteiger partial charge on any atom is -0.471 e. The van der Waals surface area contributed by atoms with E-state index in [1.807, 2.05) is 52.0 Å². The highest BCUT2D eigenvalue weighted by Gasteiger charge is 2.11. The summed E-state index contributed by atoms with van der Waals surface area (Å²) < 4.78 is 7.36. The third kappa shape index (κ3) is 4.27. The molecule has 0 aliphatic heterocycles. The monoisotopic (exact) mass is 350 g/mol. The number of aromatic nitrogens is 3. The average Bonchev–Trinajstić information content (AvgIpc) is 3.02. The molecule has 0 saturated carbocycles. The van der Waals surface area contributed by atoms with Crippen LogP contribution >= 0.6 is 0 Å². The minimum atomic E-state index is -0.298. The van der Waals surface area contributed by atoms with Crippen molar-refractivity contribution in [2.75, 3.05) is 5.32 Å². The summed E-state index contributed by atoms with van der Waals surface area (Å²) in [6.07, 6.45) is 1.72. The van der Waals surface area contributed by atoms with Gasteiger partial charge in [0.25, 0.3) is 5.91 Å². The number of aryl methyl sites for hydroxylation is 4. The van der Waals surface area contributed by atoms with Crippen LogP contribution in [0.15, 0.2) is 42.6 Å². The molecule has 6 nitrogen and oxygen atoms in total. The first-order valence-corrected chi connectivity index (χ1v) is 8.41. The van der Waals surface area contributed by atoms with Crippen LogP contribution in [-0.2, 0) is 6.73 Å². The molecule has 0 fully saturated rings. The predicted molar refractivity (Wildman–Crippen MR) is 100 cm³/mol. The summed E-state index contributed by atoms with van der Waals surface area (Å²) in [5, 5.41) is 7.04. The average molecular weight is 350 g/mol. The van der Waals surface area contributed by atoms with E-state index in [-0.39, 0.29) is 12.6 Å². The zero-order chi connectivity index (χ0) is 18.7. The summed E-state index contributed by atoms with van der Waals surface area (Å²) in [7, 11) is 0. The number of carbonyl (C=O) groups is 1. The van der Waals surface area contributed by atoms with Crippen LogP contribution in [0.25, 0.3) is 0 Å². The van der Waals surface area contributed by atoms with Crippen LogP contribution in [0.3, 0.4) is 0 Å². The molecule has 26 heavy (non-hydrogen) atoms. The lowest BCUT2D eigenvalue weighted by atomic mass is 10.1. The molecule has 0 aliphatic carbocycles. The molecule has 0 radical (unpaired) electrons. The van der Waals surface area contributed by atoms with Gasteiger partial charge in [0, 0.05) is 11.9 Å². The fraction of sp³-hybridized carbons (Fsp3) is 0.250. The smallest absolute Gasteiger partial charge is 0.277 e. The van der Waals surface area contributed by atoms with Gasteiger partial charge in [-0.1, -0.05) is 17.7 Å². The Labute approximate surface area is 152 Å². The Balaban J connectivity index is 1.64. The Morgan fingerprint density at radius 1 is 1.08 bits per heavy atom. The molecule has 3 aromatic rings. The summed E-state index contributed by atoms with van der Waals surface area (Å²) in [6.45, 7) is 8.13. The van der Waals surface area contributed by atoms with Crippen LogP contribution in [0.4, 0.5) is 5.82 Å². The summed E-state index contributed by atoms with van der Waals surface area (Å²) in [6, 6.07) is 11.4. The number of benzene rings is 1. The van der Waals surface area contributed by atoms with E-state index in [9.17, 15) is 4.79 Å². The molecule has 0 saturated heterocycles. The van der Waals surface area contributed by atoms with Gasteiger partial charge in [0.2, 0.25) is 0 Å². The normalized spacial score (nSPS) is 10.6. The second-order valence-corrected chi connectivity index (χ2v) is 6.41. The number of rotatable bonds is 5. The number of amides is 1. The van der Waals surface area contributed by atoms with Crippen LogP contribution in [0.5, 0.6) is 5.75 Å². The van der Waals surface area contributed by atoms with Crippen molar-refractivity contribution in [3.8, 4) is 5.75 Å². The van der Waals surface area contributed by atoms with E-state index in [2.05, 4.69) is 21.5 Å². The standard InChI is InChI=1S/C20H22N4O2/c1-13-5-6-18(15(3)9-13)26-12-24-8-7-17(23-24)20(25)22-19-11-14(2)10-16(4)21-19/h5-11H,12H2,1-4H3,(H,21,22,25). The topological polar surface area (TPSA) is 69.0 Å². The molecule has 2 aromatic heterocycles. The van der Waals surface area contributed by atoms with Crippen LogP contribution in [-0.4, -0.2) is 20.7 Å². The van der Waals surface area contributed by atoms with Gasteiger partial charge >= 0.3 is 0 Å². The van der Waals surface area contributed by atoms with E-state index in [0.717, 1.165) is 22.6 Å². The molecule has 0 atom stereocenters. The number of nitrogens with one attached hydrogen (secondary N) is 1. The van der Waals surface area contributed by atoms with Gasteiger partial charge in [-0.05, 0) is 63.1 Å². The first kappa shape index (κ1) is 17.7. The Morgan fingerprint density at radius 2 is 1.88 bits per heavy atom. The van der Waals surface area contributed by atoms with Gasteiger partial charge in [-0.15, -0.1) is 0 Å². The summed E-state index contributed by atoms with van der Waals surface area (Å²) >= 11 is 0. The van der Waals surface area contributed by atoms with Gasteiger partial charge in [-0.3, -0.25) is 4.79 Å². The van der Waals surface area contributed by atoms with Crippen molar-refractivity contribution in [2.45, 2.75) is 34.4 Å². The second kappa shape index (κ2) is 7.39. The molecule has 0 bridgehead atoms. The molecule has 6 heteroatoms. The van der Waals surface area contributed by atoms with Gasteiger partial charge in [0.1, 0.15) is 11.6 Å². The molecule has 0 unspecified atom stereocenters. The highest BCUT2D eigenvalue weighted by molar-refractivity contribution is 6.02. The molecule has 2 heterocycles. The largest absolute Gasteiger partial charge is 0.471 e. The number of pyridine rings is 1. The van der Waals surface area contributed by atoms with E-state index >= 15 is 0 Å². The van der Waals surface area contributed by atoms with Crippen molar-refractivity contribution in [2.24, 2.45) is 0 Å². The summed E-state index contributed by atoms with van der Waals surface area (Å²) in [5.41, 5.74) is 4.46. The van der Waals surface area contributed by atoms with Crippen molar-refractivity contribution in [3.05, 3.63) is 70.7 Å². The molecular weight excluding hydrogens is 328 g/mol. The lowest BCUT2D eigenvalue weighted by Crippen LogP contribution is -2.15. The third-order valence-corrected chi connectivity index (χ3v) is 3.90. The van der Waals surface area contributed by atoms with E-state index in [0.29, 0.717) is 11.5 Å². The molecule has 0 spiro atoms. The fourth-order valence-corrected chi connectivity index (χ4v) is 2.74. The Morgan fingerprint density at radius 3 is 2.62 bits per heavy atom. The highest BCUT2D eigenvalue weighted by atomic mass is 16.5. The number of hydrogen-bond donors (Lipinski definition) is 1. The number of hydrogen-bond acceptors (Lipinski definition) is 4. The number of anilines is 1. The van der Waals surface area contributed by atoms with Gasteiger partial charge < -0.3 is 10.1 Å². The second-order valence-electron chi connectivity index (χ2n) is 6.41. The van der Waals surface area contributed by atoms with Crippen LogP contribution in [0, 0.1) is 27.7 Å². The molecule has 1 amide bonds. The summed E-state index contributed by atoms with van der Waals surface area (Å²) in [5.74, 6) is 1.03. The van der Waals surface area contributed by atoms with Crippen molar-refractivity contribution in [1.82, 2.24) is 14.8 Å². The van der Waals surface area contributed by atoms with Crippen LogP contribution in [0.2, 0.25) is 0 Å². The molecule has 3 rings (SSSR count). The van der Waals surface area contributed by atoms with Gasteiger partial charge in [-0.25, -0.2) is 9.67 Å². The fourth-order valence-electron chi connectivity index (χ4n) is 2.74. The molecule has 1 aromatic carbocycles. The van der Waals surface area contributed by atoms with Crippen LogP contribution in [0.1, 0.15) is 32.9 Å². The van der Waals surface area contributed by atoms with Gasteiger partial charge in [0.05, 0.1) is 0 Å². The number of ether oxygens (including phenoxy) is 1. The van der Waals surface area contributed by atoms with E-state index in [1.54, 1.807) is 16.9 Å². The first-order chi connectivity index (χ1) is 12.4. The summed E-state index contributed by atoms with van der Waals surface area (Å²) in [4.78, 5) is 16.7. The third-order valence-electron chi connectivity index (χ3n) is 3.90. The van der Waals surface area contributed by atoms with Gasteiger partial charge in [0.15, 0.2) is 12.4 Å². The maximum absolute atomic E-state index is 12.3. The SMILES string of the molecule is Cc1cc(C)nc(NC(=O)c2ccn(COc3ccc(C)cc3C)n2)c1. The lowest BCUT2D eigenvalue weighted by molar-refractivity contribution is 0.102. The molecule has 1 N–H and O–H groups in total. The van der Waals surface area contributed by atoms with E-state index in [4.69, 9.17) is 4.74 Å². The van der Waals surface area contributed by atoms with Crippen molar-refractivity contribution in [1.29, 1.82) is 0 Å². The van der Waals surface area contributed by atoms with Crippen LogP contribution < -0.4 is 10.1 Å². The Kier molecular flexibility index (Phi) is 5.02. The van der Waals surface area contributed by atoms with E-state index < -0.39 is 0 Å². The minimum absolute atomic E-state index is 0.235. The number of carbonyl (C=O) groups excluding carboxylic acids is 1. The van der Waals surface area contributed by atoms with E-state index in [1.165, 1.54) is 5.56 Å². The molecule has 134 valence electrons. The van der Waals surface area contributed by atoms with Gasteiger partial charge in [-0.2, -0.15) is 5.10 Å². The maximum Gasteiger partial charge on any atom is 0.277 e. The maximum atomic E-state index is 12.3. The lowest BCUT2D eigenvalue weighted by Gasteiger charge is -2.09. The van der Waals surface area contributed by atoms with Crippen molar-refractivity contribution < 1.29 is 9.53 Å². The molecule has 0 aliphatic rings. The first-order valence-electron chi connectivity index (χ1n) is 8.41. The zero-order valence-electron chi connectivity index (χ0n) is 15.4. The van der Waals surface area contributed by atoms with Crippen molar-refractivity contribution in [3.63, 3.8) is 0 Å². The Bertz CT molecular complexity index is 926. The highest BCUT2D eigenvalue weighted by Crippen LogP contribution is 2.19. The quantitative estimate of drug-likeness (QED) is 0.760. The zero-order valence-corrected chi connectivity index (χ0v) is 15.4. The Hall–Kier alpha value is -3.15.